The van der Waals surface area contributed by atoms with Crippen LogP contribution in [0.25, 0.3) is 0 Å². The van der Waals surface area contributed by atoms with Crippen molar-refractivity contribution in [2.75, 3.05) is 0 Å². The number of hydrogen-bond acceptors (Lipinski definition) is 3. The molecule has 0 bridgehead atoms. The molecule has 0 aliphatic heterocycles. The largest absolute Gasteiger partial charge is 0.741 e. The third-order valence-electron chi connectivity index (χ3n) is 1.87. The fourth-order valence-electron chi connectivity index (χ4n) is 1.19. The second-order valence-electron chi connectivity index (χ2n) is 4.37. The van der Waals surface area contributed by atoms with Crippen molar-refractivity contribution in [2.24, 2.45) is 5.92 Å². The fraction of sp³-hybridized carbons (Fsp3) is 0.545. The lowest BCUT2D eigenvalue weighted by atomic mass is 10.2. The van der Waals surface area contributed by atoms with Crippen molar-refractivity contribution in [2.45, 2.75) is 32.8 Å². The van der Waals surface area contributed by atoms with Crippen molar-refractivity contribution in [1.82, 2.24) is 0 Å². The molecule has 0 N–H and O–H groups in total. The number of aromatic nitrogens is 1. The Hall–Kier alpha value is -1.15. The Kier molecular flexibility index (Phi) is 6.44. The minimum atomic E-state index is -6.09. The van der Waals surface area contributed by atoms with Crippen LogP contribution in [0.4, 0.5) is 13.2 Å². The molecule has 0 radical (unpaired) electrons. The molecule has 0 saturated heterocycles. The summed E-state index contributed by atoms with van der Waals surface area (Å²) in [5, 5.41) is 0. The molecule has 0 aliphatic rings. The molecule has 110 valence electrons. The van der Waals surface area contributed by atoms with Crippen LogP contribution in [-0.2, 0) is 16.7 Å². The van der Waals surface area contributed by atoms with Crippen LogP contribution in [-0.4, -0.2) is 18.5 Å². The van der Waals surface area contributed by atoms with Gasteiger partial charge in [0.05, 0.1) is 0 Å². The second-order valence-corrected chi connectivity index (χ2v) is 5.74. The summed E-state index contributed by atoms with van der Waals surface area (Å²) in [5.74, 6) is 0.724. The Labute approximate surface area is 110 Å². The number of aryl methyl sites for hydroxylation is 1. The van der Waals surface area contributed by atoms with E-state index in [1.54, 1.807) is 0 Å². The number of halogens is 3. The van der Waals surface area contributed by atoms with Gasteiger partial charge in [-0.1, -0.05) is 13.8 Å². The summed E-state index contributed by atoms with van der Waals surface area (Å²) in [6.45, 7) is 7.70. The topological polar surface area (TPSA) is 61.1 Å². The predicted molar refractivity (Wildman–Crippen MR) is 62.0 cm³/mol. The molecule has 0 atom stereocenters. The van der Waals surface area contributed by atoms with Crippen LogP contribution in [0.3, 0.4) is 0 Å². The summed E-state index contributed by atoms with van der Waals surface area (Å²) < 4.78 is 61.1. The van der Waals surface area contributed by atoms with Gasteiger partial charge in [0.25, 0.3) is 0 Å². The summed E-state index contributed by atoms with van der Waals surface area (Å²) >= 11 is 0. The van der Waals surface area contributed by atoms with E-state index >= 15 is 0 Å². The van der Waals surface area contributed by atoms with Crippen LogP contribution in [0.5, 0.6) is 0 Å². The highest BCUT2D eigenvalue weighted by atomic mass is 32.2. The zero-order chi connectivity index (χ0) is 15.3. The Morgan fingerprint density at radius 1 is 1.37 bits per heavy atom. The molecular formula is C11H16F3NO3S. The van der Waals surface area contributed by atoms with Crippen molar-refractivity contribution in [3.63, 3.8) is 0 Å². The van der Waals surface area contributed by atoms with E-state index in [2.05, 4.69) is 49.9 Å². The number of alkyl halides is 3. The lowest BCUT2D eigenvalue weighted by Crippen LogP contribution is -2.35. The second kappa shape index (κ2) is 6.85. The van der Waals surface area contributed by atoms with Gasteiger partial charge in [0.1, 0.15) is 0 Å². The van der Waals surface area contributed by atoms with Gasteiger partial charge in [-0.05, 0) is 13.0 Å². The molecule has 1 heterocycles. The summed E-state index contributed by atoms with van der Waals surface area (Å²) in [4.78, 5) is 0. The van der Waals surface area contributed by atoms with Gasteiger partial charge < -0.3 is 4.55 Å². The lowest BCUT2D eigenvalue weighted by molar-refractivity contribution is -0.702. The Bertz CT molecular complexity index is 498. The Morgan fingerprint density at radius 2 is 1.84 bits per heavy atom. The summed E-state index contributed by atoms with van der Waals surface area (Å²) in [7, 11) is -6.09. The van der Waals surface area contributed by atoms with E-state index in [0.29, 0.717) is 0 Å². The van der Waals surface area contributed by atoms with Crippen LogP contribution in [0, 0.1) is 12.8 Å². The molecule has 8 heteroatoms. The molecule has 0 saturated carbocycles. The van der Waals surface area contributed by atoms with Crippen molar-refractivity contribution in [1.29, 1.82) is 0 Å². The zero-order valence-electron chi connectivity index (χ0n) is 10.8. The van der Waals surface area contributed by atoms with Crippen molar-refractivity contribution >= 4 is 10.1 Å². The molecule has 0 amide bonds. The quantitative estimate of drug-likeness (QED) is 0.476. The molecular weight excluding hydrogens is 283 g/mol. The monoisotopic (exact) mass is 299 g/mol. The molecule has 0 spiro atoms. The van der Waals surface area contributed by atoms with E-state index in [-0.39, 0.29) is 0 Å². The lowest BCUT2D eigenvalue weighted by Gasteiger charge is -2.08. The maximum absolute atomic E-state index is 10.7. The maximum Gasteiger partial charge on any atom is 0.485 e. The SMILES string of the molecule is Cc1ccc[n+](CC(C)C)c1.O=S(=O)([O-])C(F)(F)F. The normalized spacial score (nSPS) is 12.0. The molecule has 0 fully saturated rings. The summed E-state index contributed by atoms with van der Waals surface area (Å²) in [6, 6.07) is 4.22. The van der Waals surface area contributed by atoms with Gasteiger partial charge in [0.2, 0.25) is 0 Å². The average molecular weight is 299 g/mol. The molecule has 19 heavy (non-hydrogen) atoms. The van der Waals surface area contributed by atoms with Crippen LogP contribution in [0.15, 0.2) is 24.5 Å². The highest BCUT2D eigenvalue weighted by Crippen LogP contribution is 2.20. The fourth-order valence-corrected chi connectivity index (χ4v) is 1.19. The van der Waals surface area contributed by atoms with Gasteiger partial charge in [-0.3, -0.25) is 0 Å². The van der Waals surface area contributed by atoms with Gasteiger partial charge in [0, 0.05) is 17.5 Å². The third kappa shape index (κ3) is 7.78. The molecule has 1 rings (SSSR count). The van der Waals surface area contributed by atoms with Crippen LogP contribution >= 0.6 is 0 Å². The van der Waals surface area contributed by atoms with E-state index in [1.165, 1.54) is 5.56 Å². The molecule has 4 nitrogen and oxygen atoms in total. The zero-order valence-corrected chi connectivity index (χ0v) is 11.6. The molecule has 1 aromatic rings. The number of hydrogen-bond donors (Lipinski definition) is 0. The molecule has 1 aromatic heterocycles. The Balaban J connectivity index is 0.000000362. The van der Waals surface area contributed by atoms with Gasteiger partial charge in [-0.15, -0.1) is 0 Å². The molecule has 0 aliphatic carbocycles. The predicted octanol–water partition coefficient (Wildman–Crippen LogP) is 1.99. The first-order valence-electron chi connectivity index (χ1n) is 5.41. The van der Waals surface area contributed by atoms with Crippen LogP contribution in [0.1, 0.15) is 19.4 Å². The minimum Gasteiger partial charge on any atom is -0.741 e. The van der Waals surface area contributed by atoms with Gasteiger partial charge in [-0.2, -0.15) is 13.2 Å². The minimum absolute atomic E-state index is 0.724. The number of rotatable bonds is 2. The van der Waals surface area contributed by atoms with E-state index in [0.717, 1.165) is 12.5 Å². The molecule has 0 aromatic carbocycles. The van der Waals surface area contributed by atoms with Gasteiger partial charge >= 0.3 is 5.51 Å². The van der Waals surface area contributed by atoms with Gasteiger partial charge in [0.15, 0.2) is 29.1 Å². The summed E-state index contributed by atoms with van der Waals surface area (Å²) in [5.41, 5.74) is -4.32. The van der Waals surface area contributed by atoms with E-state index in [4.69, 9.17) is 13.0 Å². The van der Waals surface area contributed by atoms with Crippen LogP contribution < -0.4 is 4.57 Å². The highest BCUT2D eigenvalue weighted by molar-refractivity contribution is 7.86. The molecule has 0 unspecified atom stereocenters. The maximum atomic E-state index is 10.7. The van der Waals surface area contributed by atoms with Crippen molar-refractivity contribution in [3.8, 4) is 0 Å². The van der Waals surface area contributed by atoms with Crippen LogP contribution in [0.2, 0.25) is 0 Å². The third-order valence-corrected chi connectivity index (χ3v) is 2.43. The van der Waals surface area contributed by atoms with E-state index in [1.807, 2.05) is 0 Å². The average Bonchev–Trinajstić information content (AvgIpc) is 2.13. The highest BCUT2D eigenvalue weighted by Gasteiger charge is 2.36. The Morgan fingerprint density at radius 3 is 2.16 bits per heavy atom. The van der Waals surface area contributed by atoms with Crippen molar-refractivity contribution in [3.05, 3.63) is 30.1 Å². The first-order chi connectivity index (χ1) is 8.43. The first kappa shape index (κ1) is 17.8. The number of pyridine rings is 1. The number of nitrogens with zero attached hydrogens (tertiary/aromatic N) is 1. The van der Waals surface area contributed by atoms with E-state index < -0.39 is 15.6 Å². The smallest absolute Gasteiger partial charge is 0.485 e. The van der Waals surface area contributed by atoms with E-state index in [9.17, 15) is 13.2 Å². The van der Waals surface area contributed by atoms with Gasteiger partial charge in [-0.25, -0.2) is 13.0 Å². The summed E-state index contributed by atoms with van der Waals surface area (Å²) in [6.07, 6.45) is 4.30. The first-order valence-corrected chi connectivity index (χ1v) is 6.82. The standard InChI is InChI=1S/C10H16N.CHF3O3S/c1-9(2)7-11-6-4-5-10(3)8-11;2-1(3,4)8(5,6)7/h4-6,8-9H,7H2,1-3H3;(H,5,6,7)/q+1;/p-1. The van der Waals surface area contributed by atoms with Crippen molar-refractivity contribution < 1.29 is 30.7 Å².